The first-order valence-corrected chi connectivity index (χ1v) is 3.14. The third-order valence-electron chi connectivity index (χ3n) is 1.12. The van der Waals surface area contributed by atoms with Gasteiger partial charge in [0.2, 0.25) is 0 Å². The van der Waals surface area contributed by atoms with Crippen LogP contribution in [0.4, 0.5) is 4.39 Å². The van der Waals surface area contributed by atoms with Crippen molar-refractivity contribution in [2.24, 2.45) is 0 Å². The van der Waals surface area contributed by atoms with Gasteiger partial charge in [0.05, 0.1) is 0 Å². The van der Waals surface area contributed by atoms with Crippen LogP contribution in [0.5, 0.6) is 0 Å². The van der Waals surface area contributed by atoms with Crippen LogP contribution in [0.15, 0.2) is 23.1 Å². The van der Waals surface area contributed by atoms with E-state index in [0.29, 0.717) is 4.90 Å². The Bertz CT molecular complexity index is 241. The zero-order valence-corrected chi connectivity index (χ0v) is 5.98. The van der Waals surface area contributed by atoms with E-state index in [1.54, 1.807) is 6.07 Å². The third-order valence-corrected chi connectivity index (χ3v) is 1.40. The van der Waals surface area contributed by atoms with E-state index >= 15 is 0 Å². The molecule has 0 saturated heterocycles. The lowest BCUT2D eigenvalue weighted by Gasteiger charge is -1.96. The fourth-order valence-electron chi connectivity index (χ4n) is 0.621. The zero-order valence-electron chi connectivity index (χ0n) is 5.08. The monoisotopic (exact) mass is 155 g/mol. The minimum absolute atomic E-state index is 0.179. The lowest BCUT2D eigenvalue weighted by molar-refractivity contribution is 0.601. The number of hydrogen-bond acceptors (Lipinski definition) is 2. The minimum atomic E-state index is -0.463. The van der Waals surface area contributed by atoms with Crippen molar-refractivity contribution in [3.63, 3.8) is 0 Å². The predicted octanol–water partition coefficient (Wildman–Crippen LogP) is 0.351. The van der Waals surface area contributed by atoms with Crippen LogP contribution in [0.25, 0.3) is 0 Å². The highest BCUT2D eigenvalue weighted by Gasteiger charge is 2.00. The van der Waals surface area contributed by atoms with Crippen LogP contribution in [0, 0.1) is 5.82 Å². The number of halogens is 1. The molecule has 1 nitrogen and oxygen atoms in total. The van der Waals surface area contributed by atoms with Gasteiger partial charge in [0.15, 0.2) is 0 Å². The molecule has 0 aliphatic rings. The Morgan fingerprint density at radius 3 is 2.70 bits per heavy atom. The van der Waals surface area contributed by atoms with E-state index < -0.39 is 5.82 Å². The van der Waals surface area contributed by atoms with E-state index in [-0.39, 0.29) is 5.46 Å². The van der Waals surface area contributed by atoms with Crippen LogP contribution in [-0.2, 0) is 0 Å². The maximum atomic E-state index is 12.6. The van der Waals surface area contributed by atoms with E-state index in [1.165, 1.54) is 12.1 Å². The van der Waals surface area contributed by atoms with Gasteiger partial charge in [-0.25, -0.2) is 4.39 Å². The summed E-state index contributed by atoms with van der Waals surface area (Å²) in [5, 5.41) is 8.42. The molecule has 0 saturated carbocycles. The average Bonchev–Trinajstić information content (AvgIpc) is 1.88. The van der Waals surface area contributed by atoms with Crippen LogP contribution >= 0.6 is 12.6 Å². The number of thiol groups is 1. The van der Waals surface area contributed by atoms with Crippen molar-refractivity contribution < 1.29 is 9.41 Å². The maximum absolute atomic E-state index is 12.6. The molecular weight excluding hydrogens is 150 g/mol. The summed E-state index contributed by atoms with van der Waals surface area (Å²) in [4.78, 5) is 0.545. The normalized spacial score (nSPS) is 9.50. The van der Waals surface area contributed by atoms with Crippen molar-refractivity contribution in [1.29, 1.82) is 0 Å². The molecule has 0 aromatic heterocycles. The highest BCUT2D eigenvalue weighted by atomic mass is 32.1. The molecule has 0 atom stereocenters. The molecule has 0 fully saturated rings. The van der Waals surface area contributed by atoms with E-state index in [9.17, 15) is 4.39 Å². The topological polar surface area (TPSA) is 20.2 Å². The summed E-state index contributed by atoms with van der Waals surface area (Å²) in [7, 11) is 0.725. The molecule has 4 heteroatoms. The molecule has 1 rings (SSSR count). The van der Waals surface area contributed by atoms with Gasteiger partial charge in [-0.2, -0.15) is 0 Å². The summed E-state index contributed by atoms with van der Waals surface area (Å²) < 4.78 is 12.6. The average molecular weight is 155 g/mol. The summed E-state index contributed by atoms with van der Waals surface area (Å²) in [6.45, 7) is 0. The molecule has 1 aromatic carbocycles. The Hall–Kier alpha value is -0.475. The summed E-state index contributed by atoms with van der Waals surface area (Å²) in [5.74, 6) is -0.463. The van der Waals surface area contributed by atoms with Gasteiger partial charge in [-0.05, 0) is 17.6 Å². The van der Waals surface area contributed by atoms with E-state index in [4.69, 9.17) is 5.02 Å². The lowest BCUT2D eigenvalue weighted by Crippen LogP contribution is -2.17. The minimum Gasteiger partial charge on any atom is -0.450 e. The molecule has 10 heavy (non-hydrogen) atoms. The smallest absolute Gasteiger partial charge is 0.329 e. The van der Waals surface area contributed by atoms with Gasteiger partial charge >= 0.3 is 7.48 Å². The second kappa shape index (κ2) is 3.08. The largest absolute Gasteiger partial charge is 0.450 e. The Morgan fingerprint density at radius 2 is 2.20 bits per heavy atom. The van der Waals surface area contributed by atoms with Gasteiger partial charge in [0.25, 0.3) is 0 Å². The lowest BCUT2D eigenvalue weighted by atomic mass is 9.88. The third kappa shape index (κ3) is 1.52. The quantitative estimate of drug-likeness (QED) is 0.442. The second-order valence-corrected chi connectivity index (χ2v) is 2.35. The molecular formula is C6H5BFOS. The van der Waals surface area contributed by atoms with Crippen molar-refractivity contribution >= 4 is 25.6 Å². The fourth-order valence-corrected chi connectivity index (χ4v) is 0.809. The predicted molar refractivity (Wildman–Crippen MR) is 41.3 cm³/mol. The van der Waals surface area contributed by atoms with Crippen LogP contribution in [-0.4, -0.2) is 12.5 Å². The van der Waals surface area contributed by atoms with Gasteiger partial charge in [-0.15, -0.1) is 12.6 Å². The van der Waals surface area contributed by atoms with Crippen molar-refractivity contribution in [2.75, 3.05) is 0 Å². The first-order valence-electron chi connectivity index (χ1n) is 2.70. The van der Waals surface area contributed by atoms with E-state index in [0.717, 1.165) is 7.48 Å². The van der Waals surface area contributed by atoms with Gasteiger partial charge in [-0.3, -0.25) is 0 Å². The van der Waals surface area contributed by atoms with Gasteiger partial charge in [0.1, 0.15) is 5.82 Å². The van der Waals surface area contributed by atoms with Crippen LogP contribution < -0.4 is 5.46 Å². The maximum Gasteiger partial charge on any atom is 0.329 e. The van der Waals surface area contributed by atoms with Gasteiger partial charge in [0, 0.05) is 4.90 Å². The fraction of sp³-hybridized carbons (Fsp3) is 0. The van der Waals surface area contributed by atoms with Crippen LogP contribution in [0.3, 0.4) is 0 Å². The second-order valence-electron chi connectivity index (χ2n) is 1.83. The van der Waals surface area contributed by atoms with Crippen molar-refractivity contribution in [1.82, 2.24) is 0 Å². The van der Waals surface area contributed by atoms with Crippen molar-refractivity contribution in [2.45, 2.75) is 4.90 Å². The molecule has 1 radical (unpaired) electrons. The number of rotatable bonds is 1. The molecule has 1 N–H and O–H groups in total. The molecule has 0 unspecified atom stereocenters. The molecule has 51 valence electrons. The first-order chi connectivity index (χ1) is 4.74. The van der Waals surface area contributed by atoms with Gasteiger partial charge < -0.3 is 5.02 Å². The highest BCUT2D eigenvalue weighted by molar-refractivity contribution is 7.80. The highest BCUT2D eigenvalue weighted by Crippen LogP contribution is 2.04. The summed E-state index contributed by atoms with van der Waals surface area (Å²) in [6.07, 6.45) is 0. The standard InChI is InChI=1S/C6H5BFOS/c8-6-3-4(10)1-2-5(6)7-9/h1-3,9-10H. The van der Waals surface area contributed by atoms with Crippen LogP contribution in [0.1, 0.15) is 0 Å². The molecule has 0 aliphatic carbocycles. The molecule has 0 spiro atoms. The Balaban J connectivity index is 3.07. The van der Waals surface area contributed by atoms with Crippen molar-refractivity contribution in [3.8, 4) is 0 Å². The molecule has 0 bridgehead atoms. The first kappa shape index (κ1) is 7.63. The molecule has 0 amide bonds. The summed E-state index contributed by atoms with van der Waals surface area (Å²) in [5.41, 5.74) is 0.179. The summed E-state index contributed by atoms with van der Waals surface area (Å²) in [6, 6.07) is 4.30. The number of benzene rings is 1. The zero-order chi connectivity index (χ0) is 7.56. The Morgan fingerprint density at radius 1 is 1.50 bits per heavy atom. The van der Waals surface area contributed by atoms with E-state index in [2.05, 4.69) is 12.6 Å². The van der Waals surface area contributed by atoms with Crippen molar-refractivity contribution in [3.05, 3.63) is 24.0 Å². The van der Waals surface area contributed by atoms with Crippen LogP contribution in [0.2, 0.25) is 0 Å². The van der Waals surface area contributed by atoms with E-state index in [1.807, 2.05) is 0 Å². The molecule has 0 aliphatic heterocycles. The molecule has 0 heterocycles. The Kier molecular flexibility index (Phi) is 2.35. The molecule has 1 aromatic rings. The Labute approximate surface area is 64.6 Å². The van der Waals surface area contributed by atoms with Gasteiger partial charge in [-0.1, -0.05) is 6.07 Å². The summed E-state index contributed by atoms with van der Waals surface area (Å²) >= 11 is 3.90. The number of hydrogen-bond donors (Lipinski definition) is 2. The SMILES string of the molecule is O[B]c1ccc(S)cc1F.